The number of anilines is 1. The number of amides is 2. The molecule has 0 atom stereocenters. The minimum Gasteiger partial charge on any atom is -0.493 e. The Labute approximate surface area is 209 Å². The van der Waals surface area contributed by atoms with Gasteiger partial charge in [0.1, 0.15) is 5.52 Å². The minimum absolute atomic E-state index is 0.251. The second kappa shape index (κ2) is 10.6. The molecule has 4 aromatic rings. The van der Waals surface area contributed by atoms with Crippen LogP contribution in [0.5, 0.6) is 17.2 Å². The molecule has 0 saturated heterocycles. The highest BCUT2D eigenvalue weighted by Gasteiger charge is 2.19. The van der Waals surface area contributed by atoms with Crippen LogP contribution in [0.2, 0.25) is 5.02 Å². The molecule has 0 aliphatic carbocycles. The smallest absolute Gasteiger partial charge is 0.329 e. The molecule has 1 heterocycles. The number of ether oxygens (including phenoxy) is 3. The van der Waals surface area contributed by atoms with Crippen molar-refractivity contribution in [2.24, 2.45) is 0 Å². The molecule has 11 heteroatoms. The molecule has 35 heavy (non-hydrogen) atoms. The maximum absolute atomic E-state index is 12.7. The Kier molecular flexibility index (Phi) is 7.33. The number of hydrogen-bond donors (Lipinski definition) is 2. The monoisotopic (exact) mass is 513 g/mol. The molecular formula is C24H20ClN3O6S. The third kappa shape index (κ3) is 5.28. The Morgan fingerprint density at radius 2 is 1.69 bits per heavy atom. The van der Waals surface area contributed by atoms with Gasteiger partial charge in [-0.15, -0.1) is 0 Å². The summed E-state index contributed by atoms with van der Waals surface area (Å²) < 4.78 is 24.0. The highest BCUT2D eigenvalue weighted by atomic mass is 35.5. The molecule has 0 saturated carbocycles. The van der Waals surface area contributed by atoms with Gasteiger partial charge in [0.25, 0.3) is 0 Å². The van der Waals surface area contributed by atoms with Crippen LogP contribution in [0.15, 0.2) is 59.0 Å². The molecule has 2 amide bonds. The number of para-hydroxylation sites is 2. The third-order valence-electron chi connectivity index (χ3n) is 4.89. The number of hydrogen-bond acceptors (Lipinski definition) is 8. The van der Waals surface area contributed by atoms with Crippen molar-refractivity contribution < 1.29 is 28.2 Å². The first kappa shape index (κ1) is 24.2. The first-order valence-electron chi connectivity index (χ1n) is 10.2. The summed E-state index contributed by atoms with van der Waals surface area (Å²) in [6.45, 7) is 0. The maximum Gasteiger partial charge on any atom is 0.329 e. The SMILES string of the molecule is COc1cc(C(=O)SNC(=O)Nc2cc(-c3nc4ccccc4o3)ccc2Cl)cc(OC)c1OC. The molecule has 0 bridgehead atoms. The average Bonchev–Trinajstić information content (AvgIpc) is 3.32. The summed E-state index contributed by atoms with van der Waals surface area (Å²) in [7, 11) is 4.36. The van der Waals surface area contributed by atoms with Gasteiger partial charge in [-0.1, -0.05) is 23.7 Å². The topological polar surface area (TPSA) is 112 Å². The lowest BCUT2D eigenvalue weighted by Gasteiger charge is -2.13. The van der Waals surface area contributed by atoms with Gasteiger partial charge in [0.15, 0.2) is 17.1 Å². The van der Waals surface area contributed by atoms with Crippen molar-refractivity contribution in [1.29, 1.82) is 0 Å². The van der Waals surface area contributed by atoms with Crippen LogP contribution in [-0.2, 0) is 0 Å². The largest absolute Gasteiger partial charge is 0.493 e. The summed E-state index contributed by atoms with van der Waals surface area (Å²) >= 11 is 6.84. The van der Waals surface area contributed by atoms with Crippen molar-refractivity contribution in [2.45, 2.75) is 0 Å². The van der Waals surface area contributed by atoms with E-state index in [0.717, 1.165) is 0 Å². The van der Waals surface area contributed by atoms with E-state index in [9.17, 15) is 9.59 Å². The first-order valence-corrected chi connectivity index (χ1v) is 11.4. The van der Waals surface area contributed by atoms with Crippen molar-refractivity contribution in [3.8, 4) is 28.7 Å². The fraction of sp³-hybridized carbons (Fsp3) is 0.125. The van der Waals surface area contributed by atoms with Gasteiger partial charge in [-0.2, -0.15) is 0 Å². The van der Waals surface area contributed by atoms with E-state index in [1.807, 2.05) is 24.3 Å². The number of methoxy groups -OCH3 is 3. The Morgan fingerprint density at radius 1 is 0.971 bits per heavy atom. The van der Waals surface area contributed by atoms with E-state index in [2.05, 4.69) is 15.0 Å². The van der Waals surface area contributed by atoms with Crippen molar-refractivity contribution in [2.75, 3.05) is 26.6 Å². The minimum atomic E-state index is -0.646. The molecule has 9 nitrogen and oxygen atoms in total. The van der Waals surface area contributed by atoms with E-state index in [-0.39, 0.29) is 5.56 Å². The van der Waals surface area contributed by atoms with Crippen LogP contribution < -0.4 is 24.2 Å². The van der Waals surface area contributed by atoms with Crippen LogP contribution >= 0.6 is 23.5 Å². The fourth-order valence-electron chi connectivity index (χ4n) is 3.25. The number of benzene rings is 3. The zero-order valence-corrected chi connectivity index (χ0v) is 20.5. The summed E-state index contributed by atoms with van der Waals surface area (Å²) in [5.74, 6) is 1.39. The van der Waals surface area contributed by atoms with Crippen molar-refractivity contribution in [3.63, 3.8) is 0 Å². The summed E-state index contributed by atoms with van der Waals surface area (Å²) in [5, 5.41) is 2.50. The number of aromatic nitrogens is 1. The standard InChI is InChI=1S/C24H20ClN3O6S/c1-31-19-11-14(12-20(32-2)21(19)33-3)23(29)35-28-24(30)27-17-10-13(8-9-15(17)25)22-26-16-6-4-5-7-18(16)34-22/h4-12H,1-3H3,(H2,27,28,30). The van der Waals surface area contributed by atoms with E-state index in [0.29, 0.717) is 62.5 Å². The number of nitrogens with zero attached hydrogens (tertiary/aromatic N) is 1. The van der Waals surface area contributed by atoms with Gasteiger partial charge in [-0.3, -0.25) is 9.52 Å². The molecule has 1 aromatic heterocycles. The lowest BCUT2D eigenvalue weighted by molar-refractivity contribution is 0.108. The molecule has 180 valence electrons. The highest BCUT2D eigenvalue weighted by Crippen LogP contribution is 2.39. The zero-order chi connectivity index (χ0) is 24.9. The van der Waals surface area contributed by atoms with E-state index in [4.69, 9.17) is 30.2 Å². The van der Waals surface area contributed by atoms with Crippen molar-refractivity contribution in [1.82, 2.24) is 9.71 Å². The fourth-order valence-corrected chi connectivity index (χ4v) is 3.89. The number of carbonyl (C=O) groups excluding carboxylic acids is 2. The third-order valence-corrected chi connectivity index (χ3v) is 5.93. The van der Waals surface area contributed by atoms with Gasteiger partial charge in [0.05, 0.1) is 32.0 Å². The Bertz CT molecular complexity index is 1350. The van der Waals surface area contributed by atoms with E-state index in [1.54, 1.807) is 18.2 Å². The summed E-state index contributed by atoms with van der Waals surface area (Å²) in [5.41, 5.74) is 2.56. The van der Waals surface area contributed by atoms with Crippen LogP contribution in [0.4, 0.5) is 10.5 Å². The van der Waals surface area contributed by atoms with E-state index in [1.165, 1.54) is 33.5 Å². The number of fused-ring (bicyclic) bond motifs is 1. The van der Waals surface area contributed by atoms with Crippen LogP contribution in [0.25, 0.3) is 22.6 Å². The number of rotatable bonds is 6. The van der Waals surface area contributed by atoms with Crippen LogP contribution in [0.3, 0.4) is 0 Å². The number of oxazole rings is 1. The molecule has 0 spiro atoms. The first-order chi connectivity index (χ1) is 16.9. The lowest BCUT2D eigenvalue weighted by Crippen LogP contribution is -2.24. The van der Waals surface area contributed by atoms with Gasteiger partial charge in [0, 0.05) is 23.1 Å². The molecule has 4 rings (SSSR count). The highest BCUT2D eigenvalue weighted by molar-refractivity contribution is 8.12. The maximum atomic E-state index is 12.7. The van der Waals surface area contributed by atoms with E-state index >= 15 is 0 Å². The van der Waals surface area contributed by atoms with Gasteiger partial charge in [-0.25, -0.2) is 9.78 Å². The van der Waals surface area contributed by atoms with Crippen molar-refractivity contribution in [3.05, 3.63) is 65.2 Å². The molecule has 0 radical (unpaired) electrons. The molecule has 0 aliphatic rings. The van der Waals surface area contributed by atoms with Gasteiger partial charge < -0.3 is 23.9 Å². The van der Waals surface area contributed by atoms with Gasteiger partial charge >= 0.3 is 6.03 Å². The summed E-state index contributed by atoms with van der Waals surface area (Å²) in [4.78, 5) is 29.6. The number of urea groups is 1. The summed E-state index contributed by atoms with van der Waals surface area (Å²) in [6, 6.07) is 14.7. The van der Waals surface area contributed by atoms with Crippen molar-refractivity contribution >= 4 is 51.5 Å². The number of halogens is 1. The zero-order valence-electron chi connectivity index (χ0n) is 18.9. The molecule has 0 unspecified atom stereocenters. The normalized spacial score (nSPS) is 10.6. The molecular weight excluding hydrogens is 494 g/mol. The molecule has 0 fully saturated rings. The predicted molar refractivity (Wildman–Crippen MR) is 135 cm³/mol. The Balaban J connectivity index is 1.45. The second-order valence-corrected chi connectivity index (χ2v) is 8.23. The lowest BCUT2D eigenvalue weighted by atomic mass is 10.2. The quantitative estimate of drug-likeness (QED) is 0.312. The number of nitrogens with one attached hydrogen (secondary N) is 2. The molecule has 2 N–H and O–H groups in total. The molecule has 0 aliphatic heterocycles. The molecule has 3 aromatic carbocycles. The predicted octanol–water partition coefficient (Wildman–Crippen LogP) is 5.78. The number of carbonyl (C=O) groups is 2. The Morgan fingerprint density at radius 3 is 2.34 bits per heavy atom. The van der Waals surface area contributed by atoms with Gasteiger partial charge in [-0.05, 0) is 42.5 Å². The van der Waals surface area contributed by atoms with Crippen LogP contribution in [0, 0.1) is 0 Å². The van der Waals surface area contributed by atoms with Gasteiger partial charge in [0.2, 0.25) is 16.8 Å². The Hall–Kier alpha value is -3.89. The van der Waals surface area contributed by atoms with E-state index < -0.39 is 11.1 Å². The van der Waals surface area contributed by atoms with Crippen LogP contribution in [0.1, 0.15) is 10.4 Å². The second-order valence-electron chi connectivity index (χ2n) is 7.04. The summed E-state index contributed by atoms with van der Waals surface area (Å²) in [6.07, 6.45) is 0. The average molecular weight is 514 g/mol. The van der Waals surface area contributed by atoms with Crippen LogP contribution in [-0.4, -0.2) is 37.5 Å².